The third-order valence-corrected chi connectivity index (χ3v) is 2.79. The van der Waals surface area contributed by atoms with Gasteiger partial charge in [-0.05, 0) is 17.7 Å². The first-order valence-electron chi connectivity index (χ1n) is 6.07. The zero-order chi connectivity index (χ0) is 14.4. The summed E-state index contributed by atoms with van der Waals surface area (Å²) in [6, 6.07) is 11.2. The Morgan fingerprint density at radius 2 is 1.85 bits per heavy atom. The topological polar surface area (TPSA) is 67.2 Å². The second-order valence-corrected chi connectivity index (χ2v) is 4.12. The molecule has 0 radical (unpaired) electrons. The third kappa shape index (κ3) is 3.39. The number of nitrogens with zero attached hydrogens (tertiary/aromatic N) is 2. The second-order valence-electron chi connectivity index (χ2n) is 4.12. The van der Waals surface area contributed by atoms with E-state index in [2.05, 4.69) is 10.3 Å². The molecule has 0 unspecified atom stereocenters. The molecular formula is C15H15N3O2. The maximum absolute atomic E-state index is 8.82. The number of benzene rings is 1. The average Bonchev–Trinajstić information content (AvgIpc) is 2.52. The van der Waals surface area contributed by atoms with Gasteiger partial charge in [0, 0.05) is 36.6 Å². The van der Waals surface area contributed by atoms with Crippen LogP contribution in [0, 0.1) is 11.3 Å². The second kappa shape index (κ2) is 6.43. The van der Waals surface area contributed by atoms with Crippen molar-refractivity contribution in [2.45, 2.75) is 6.54 Å². The van der Waals surface area contributed by atoms with Crippen molar-refractivity contribution in [2.24, 2.45) is 0 Å². The van der Waals surface area contributed by atoms with E-state index < -0.39 is 0 Å². The van der Waals surface area contributed by atoms with E-state index in [4.69, 9.17) is 14.7 Å². The molecular weight excluding hydrogens is 254 g/mol. The van der Waals surface area contributed by atoms with Gasteiger partial charge in [-0.15, -0.1) is 0 Å². The Bertz CT molecular complexity index is 613. The van der Waals surface area contributed by atoms with E-state index in [9.17, 15) is 0 Å². The van der Waals surface area contributed by atoms with Crippen molar-refractivity contribution in [3.05, 3.63) is 47.8 Å². The third-order valence-electron chi connectivity index (χ3n) is 2.79. The molecule has 102 valence electrons. The van der Waals surface area contributed by atoms with E-state index in [1.807, 2.05) is 30.3 Å². The highest BCUT2D eigenvalue weighted by atomic mass is 16.5. The quantitative estimate of drug-likeness (QED) is 0.903. The number of aromatic nitrogens is 1. The molecule has 1 heterocycles. The van der Waals surface area contributed by atoms with E-state index in [1.165, 1.54) is 0 Å². The number of rotatable bonds is 5. The summed E-state index contributed by atoms with van der Waals surface area (Å²) in [5.74, 6) is 1.44. The summed E-state index contributed by atoms with van der Waals surface area (Å²) in [5.41, 5.74) is 2.28. The van der Waals surface area contributed by atoms with Crippen LogP contribution in [0.25, 0.3) is 0 Å². The van der Waals surface area contributed by atoms with Gasteiger partial charge in [-0.1, -0.05) is 0 Å². The maximum Gasteiger partial charge on any atom is 0.140 e. The van der Waals surface area contributed by atoms with Gasteiger partial charge in [0.1, 0.15) is 23.3 Å². The minimum atomic E-state index is 0.410. The van der Waals surface area contributed by atoms with Crippen molar-refractivity contribution in [3.63, 3.8) is 0 Å². The van der Waals surface area contributed by atoms with Gasteiger partial charge >= 0.3 is 0 Å². The fourth-order valence-corrected chi connectivity index (χ4v) is 1.76. The van der Waals surface area contributed by atoms with Crippen molar-refractivity contribution in [3.8, 4) is 17.6 Å². The highest BCUT2D eigenvalue weighted by Gasteiger charge is 2.02. The zero-order valence-electron chi connectivity index (χ0n) is 11.4. The molecule has 1 aromatic heterocycles. The molecule has 0 spiro atoms. The van der Waals surface area contributed by atoms with Gasteiger partial charge in [-0.25, -0.2) is 4.98 Å². The SMILES string of the molecule is COc1cc(NCc2ccnc(C#N)c2)cc(OC)c1. The summed E-state index contributed by atoms with van der Waals surface area (Å²) in [6.45, 7) is 0.591. The van der Waals surface area contributed by atoms with Gasteiger partial charge in [0.15, 0.2) is 0 Å². The number of nitriles is 1. The molecule has 0 fully saturated rings. The van der Waals surface area contributed by atoms with Crippen molar-refractivity contribution < 1.29 is 9.47 Å². The molecule has 1 N–H and O–H groups in total. The Morgan fingerprint density at radius 3 is 2.45 bits per heavy atom. The predicted molar refractivity (Wildman–Crippen MR) is 75.8 cm³/mol. The molecule has 0 bridgehead atoms. The Kier molecular flexibility index (Phi) is 4.40. The predicted octanol–water partition coefficient (Wildman–Crippen LogP) is 2.58. The smallest absolute Gasteiger partial charge is 0.140 e. The van der Waals surface area contributed by atoms with Crippen LogP contribution in [0.1, 0.15) is 11.3 Å². The number of anilines is 1. The lowest BCUT2D eigenvalue weighted by atomic mass is 10.2. The molecule has 0 amide bonds. The molecule has 1 aromatic carbocycles. The molecule has 2 aromatic rings. The average molecular weight is 269 g/mol. The van der Waals surface area contributed by atoms with E-state index >= 15 is 0 Å². The lowest BCUT2D eigenvalue weighted by molar-refractivity contribution is 0.394. The van der Waals surface area contributed by atoms with E-state index in [0.29, 0.717) is 12.2 Å². The van der Waals surface area contributed by atoms with Crippen LogP contribution in [0.15, 0.2) is 36.5 Å². The Morgan fingerprint density at radius 1 is 1.15 bits per heavy atom. The summed E-state index contributed by atoms with van der Waals surface area (Å²) >= 11 is 0. The first-order chi connectivity index (χ1) is 9.75. The normalized spacial score (nSPS) is 9.65. The summed E-state index contributed by atoms with van der Waals surface area (Å²) in [6.07, 6.45) is 1.63. The van der Waals surface area contributed by atoms with Gasteiger partial charge in [0.05, 0.1) is 14.2 Å². The largest absolute Gasteiger partial charge is 0.497 e. The van der Waals surface area contributed by atoms with Crippen LogP contribution in [0.2, 0.25) is 0 Å². The Hall–Kier alpha value is -2.74. The first-order valence-corrected chi connectivity index (χ1v) is 6.07. The minimum absolute atomic E-state index is 0.410. The molecule has 0 atom stereocenters. The summed E-state index contributed by atoms with van der Waals surface area (Å²) in [4.78, 5) is 3.94. The van der Waals surface area contributed by atoms with Gasteiger partial charge in [0.2, 0.25) is 0 Å². The summed E-state index contributed by atoms with van der Waals surface area (Å²) < 4.78 is 10.4. The van der Waals surface area contributed by atoms with Crippen LogP contribution < -0.4 is 14.8 Å². The molecule has 0 aliphatic rings. The molecule has 0 aliphatic heterocycles. The summed E-state index contributed by atoms with van der Waals surface area (Å²) in [5, 5.41) is 12.1. The zero-order valence-corrected chi connectivity index (χ0v) is 11.4. The van der Waals surface area contributed by atoms with Crippen LogP contribution in [-0.2, 0) is 6.54 Å². The number of pyridine rings is 1. The monoisotopic (exact) mass is 269 g/mol. The maximum atomic E-state index is 8.82. The van der Waals surface area contributed by atoms with Crippen LogP contribution in [0.4, 0.5) is 5.69 Å². The first kappa shape index (κ1) is 13.7. The highest BCUT2D eigenvalue weighted by Crippen LogP contribution is 2.26. The number of hydrogen-bond donors (Lipinski definition) is 1. The summed E-state index contributed by atoms with van der Waals surface area (Å²) in [7, 11) is 3.22. The molecule has 0 saturated carbocycles. The highest BCUT2D eigenvalue weighted by molar-refractivity contribution is 5.54. The van der Waals surface area contributed by atoms with E-state index in [1.54, 1.807) is 26.5 Å². The number of ether oxygens (including phenoxy) is 2. The van der Waals surface area contributed by atoms with Crippen molar-refractivity contribution >= 4 is 5.69 Å². The van der Waals surface area contributed by atoms with Crippen molar-refractivity contribution in [1.29, 1.82) is 5.26 Å². The van der Waals surface area contributed by atoms with Gasteiger partial charge in [0.25, 0.3) is 0 Å². The fourth-order valence-electron chi connectivity index (χ4n) is 1.76. The molecule has 5 heteroatoms. The van der Waals surface area contributed by atoms with Crippen molar-refractivity contribution in [1.82, 2.24) is 4.98 Å². The minimum Gasteiger partial charge on any atom is -0.497 e. The van der Waals surface area contributed by atoms with Gasteiger partial charge in [-0.2, -0.15) is 5.26 Å². The molecule has 5 nitrogen and oxygen atoms in total. The number of methoxy groups -OCH3 is 2. The van der Waals surface area contributed by atoms with Crippen molar-refractivity contribution in [2.75, 3.05) is 19.5 Å². The van der Waals surface area contributed by atoms with Crippen LogP contribution in [0.5, 0.6) is 11.5 Å². The Labute approximate surface area is 117 Å². The van der Waals surface area contributed by atoms with E-state index in [-0.39, 0.29) is 0 Å². The number of hydrogen-bond acceptors (Lipinski definition) is 5. The van der Waals surface area contributed by atoms with Crippen LogP contribution >= 0.6 is 0 Å². The standard InChI is InChI=1S/C15H15N3O2/c1-19-14-6-12(7-15(8-14)20-2)18-10-11-3-4-17-13(5-11)9-16/h3-8,18H,10H2,1-2H3. The van der Waals surface area contributed by atoms with Crippen LogP contribution in [-0.4, -0.2) is 19.2 Å². The molecule has 2 rings (SSSR count). The molecule has 0 saturated heterocycles. The lowest BCUT2D eigenvalue weighted by Gasteiger charge is -2.10. The van der Waals surface area contributed by atoms with Gasteiger partial charge in [-0.3, -0.25) is 0 Å². The van der Waals surface area contributed by atoms with Crippen LogP contribution in [0.3, 0.4) is 0 Å². The molecule has 20 heavy (non-hydrogen) atoms. The van der Waals surface area contributed by atoms with Gasteiger partial charge < -0.3 is 14.8 Å². The lowest BCUT2D eigenvalue weighted by Crippen LogP contribution is -2.01. The number of nitrogens with one attached hydrogen (secondary N) is 1. The molecule has 0 aliphatic carbocycles. The fraction of sp³-hybridized carbons (Fsp3) is 0.200. The van der Waals surface area contributed by atoms with E-state index in [0.717, 1.165) is 22.7 Å². The Balaban J connectivity index is 2.12.